The van der Waals surface area contributed by atoms with E-state index in [4.69, 9.17) is 0 Å². The van der Waals surface area contributed by atoms with Crippen LogP contribution in [0.5, 0.6) is 0 Å². The molecule has 2 N–H and O–H groups in total. The van der Waals surface area contributed by atoms with Crippen molar-refractivity contribution in [3.63, 3.8) is 0 Å². The molecule has 3 atom stereocenters. The highest BCUT2D eigenvalue weighted by atomic mass is 35.5. The molecule has 2 heterocycles. The van der Waals surface area contributed by atoms with E-state index < -0.39 is 0 Å². The fraction of sp³-hybridized carbons (Fsp3) is 0.944. The van der Waals surface area contributed by atoms with Crippen molar-refractivity contribution in [3.8, 4) is 0 Å². The van der Waals surface area contributed by atoms with Gasteiger partial charge in [0.05, 0.1) is 6.04 Å². The Labute approximate surface area is 159 Å². The third kappa shape index (κ3) is 5.76. The Bertz CT molecular complexity index is 361. The number of halogens is 2. The largest absolute Gasteiger partial charge is 0.352 e. The van der Waals surface area contributed by atoms with E-state index in [1.54, 1.807) is 0 Å². The zero-order valence-corrected chi connectivity index (χ0v) is 16.6. The van der Waals surface area contributed by atoms with Crippen LogP contribution in [0.25, 0.3) is 0 Å². The smallest absolute Gasteiger partial charge is 0.237 e. The molecule has 1 amide bonds. The lowest BCUT2D eigenvalue weighted by molar-refractivity contribution is -0.123. The lowest BCUT2D eigenvalue weighted by Gasteiger charge is -2.32. The van der Waals surface area contributed by atoms with Gasteiger partial charge in [0.25, 0.3) is 0 Å². The number of carbonyl (C=O) groups is 1. The van der Waals surface area contributed by atoms with Crippen LogP contribution >= 0.6 is 24.8 Å². The van der Waals surface area contributed by atoms with Crippen molar-refractivity contribution >= 4 is 30.7 Å². The van der Waals surface area contributed by atoms with Gasteiger partial charge in [0, 0.05) is 25.2 Å². The van der Waals surface area contributed by atoms with Gasteiger partial charge in [-0.15, -0.1) is 24.8 Å². The minimum atomic E-state index is 0. The maximum atomic E-state index is 12.5. The first kappa shape index (κ1) is 22.0. The predicted octanol–water partition coefficient (Wildman–Crippen LogP) is 3.13. The Hall–Kier alpha value is -0.0300. The fourth-order valence-electron chi connectivity index (χ4n) is 4.51. The summed E-state index contributed by atoms with van der Waals surface area (Å²) < 4.78 is 0. The Morgan fingerprint density at radius 2 is 1.83 bits per heavy atom. The Morgan fingerprint density at radius 3 is 2.50 bits per heavy atom. The molecule has 3 fully saturated rings. The van der Waals surface area contributed by atoms with Crippen molar-refractivity contribution in [1.29, 1.82) is 0 Å². The second-order valence-corrected chi connectivity index (χ2v) is 7.58. The van der Waals surface area contributed by atoms with E-state index in [0.717, 1.165) is 38.3 Å². The number of nitrogens with zero attached hydrogens (tertiary/aromatic N) is 1. The maximum Gasteiger partial charge on any atom is 0.237 e. The molecule has 6 heteroatoms. The van der Waals surface area contributed by atoms with Gasteiger partial charge in [-0.1, -0.05) is 26.2 Å². The highest BCUT2D eigenvalue weighted by molar-refractivity contribution is 5.85. The van der Waals surface area contributed by atoms with Crippen LogP contribution in [0.2, 0.25) is 0 Å². The average molecular weight is 380 g/mol. The summed E-state index contributed by atoms with van der Waals surface area (Å²) in [4.78, 5) is 15.1. The highest BCUT2D eigenvalue weighted by Crippen LogP contribution is 2.33. The van der Waals surface area contributed by atoms with Crippen molar-refractivity contribution < 1.29 is 4.79 Å². The summed E-state index contributed by atoms with van der Waals surface area (Å²) >= 11 is 0. The molecule has 2 saturated heterocycles. The molecule has 2 aliphatic heterocycles. The molecule has 142 valence electrons. The molecule has 3 unspecified atom stereocenters. The number of carbonyl (C=O) groups excluding carboxylic acids is 1. The Kier molecular flexibility index (Phi) is 9.95. The molecule has 0 aromatic heterocycles. The summed E-state index contributed by atoms with van der Waals surface area (Å²) in [6.07, 6.45) is 11.1. The monoisotopic (exact) mass is 379 g/mol. The normalized spacial score (nSPS) is 30.8. The summed E-state index contributed by atoms with van der Waals surface area (Å²) in [5, 5.41) is 6.92. The molecule has 0 bridgehead atoms. The quantitative estimate of drug-likeness (QED) is 0.770. The van der Waals surface area contributed by atoms with Crippen molar-refractivity contribution in [1.82, 2.24) is 15.5 Å². The number of likely N-dealkylation sites (tertiary alicyclic amines) is 1. The maximum absolute atomic E-state index is 12.5. The van der Waals surface area contributed by atoms with Crippen molar-refractivity contribution in [2.75, 3.05) is 19.6 Å². The van der Waals surface area contributed by atoms with E-state index in [1.165, 1.54) is 45.1 Å². The van der Waals surface area contributed by atoms with Gasteiger partial charge in [0.2, 0.25) is 5.91 Å². The van der Waals surface area contributed by atoms with Crippen LogP contribution in [-0.4, -0.2) is 48.6 Å². The summed E-state index contributed by atoms with van der Waals surface area (Å²) in [7, 11) is 0. The molecular formula is C18H35Cl2N3O. The van der Waals surface area contributed by atoms with Gasteiger partial charge in [0.15, 0.2) is 0 Å². The van der Waals surface area contributed by atoms with Crippen LogP contribution in [0.4, 0.5) is 0 Å². The highest BCUT2D eigenvalue weighted by Gasteiger charge is 2.38. The Balaban J connectivity index is 0.00000144. The summed E-state index contributed by atoms with van der Waals surface area (Å²) in [5.41, 5.74) is 0. The third-order valence-corrected chi connectivity index (χ3v) is 5.94. The Morgan fingerprint density at radius 1 is 1.12 bits per heavy atom. The number of nitrogens with one attached hydrogen (secondary N) is 2. The van der Waals surface area contributed by atoms with E-state index >= 15 is 0 Å². The summed E-state index contributed by atoms with van der Waals surface area (Å²) in [5.74, 6) is 1.02. The van der Waals surface area contributed by atoms with E-state index in [9.17, 15) is 4.79 Å². The molecule has 1 saturated carbocycles. The molecule has 3 aliphatic rings. The van der Waals surface area contributed by atoms with Gasteiger partial charge in [0.1, 0.15) is 0 Å². The number of unbranched alkanes of at least 4 members (excludes halogenated alkanes) is 1. The van der Waals surface area contributed by atoms with Crippen LogP contribution in [-0.2, 0) is 4.79 Å². The van der Waals surface area contributed by atoms with Crippen molar-refractivity contribution in [3.05, 3.63) is 0 Å². The van der Waals surface area contributed by atoms with E-state index in [2.05, 4.69) is 22.5 Å². The number of hydrogen-bond donors (Lipinski definition) is 2. The second-order valence-electron chi connectivity index (χ2n) is 7.58. The van der Waals surface area contributed by atoms with E-state index in [-0.39, 0.29) is 36.8 Å². The standard InChI is InChI=1S/C18H33N3O.2ClH/c1-2-3-10-21-11-8-15(9-12-21)19-18(22)17-13-14-6-4-5-7-16(14)20-17;;/h14-17,20H,2-13H2,1H3,(H,19,22);2*1H. The van der Waals surface area contributed by atoms with Gasteiger partial charge >= 0.3 is 0 Å². The van der Waals surface area contributed by atoms with Gasteiger partial charge in [-0.05, 0) is 51.0 Å². The topological polar surface area (TPSA) is 44.4 Å². The first-order valence-corrected chi connectivity index (χ1v) is 9.55. The molecular weight excluding hydrogens is 345 g/mol. The van der Waals surface area contributed by atoms with Crippen molar-refractivity contribution in [2.45, 2.75) is 82.8 Å². The number of fused-ring (bicyclic) bond motifs is 1. The number of hydrogen-bond acceptors (Lipinski definition) is 3. The minimum absolute atomic E-state index is 0. The lowest BCUT2D eigenvalue weighted by Crippen LogP contribution is -2.50. The molecule has 1 aliphatic carbocycles. The molecule has 24 heavy (non-hydrogen) atoms. The fourth-order valence-corrected chi connectivity index (χ4v) is 4.51. The SMILES string of the molecule is CCCCN1CCC(NC(=O)C2CC3CCCCC3N2)CC1.Cl.Cl. The first-order chi connectivity index (χ1) is 10.8. The molecule has 3 rings (SSSR count). The summed E-state index contributed by atoms with van der Waals surface area (Å²) in [6, 6.07) is 1.08. The van der Waals surface area contributed by atoms with Gasteiger partial charge in [-0.3, -0.25) is 4.79 Å². The van der Waals surface area contributed by atoms with Crippen LogP contribution in [0.1, 0.15) is 64.7 Å². The van der Waals surface area contributed by atoms with Crippen LogP contribution in [0.3, 0.4) is 0 Å². The van der Waals surface area contributed by atoms with Crippen LogP contribution < -0.4 is 10.6 Å². The number of rotatable bonds is 5. The lowest BCUT2D eigenvalue weighted by atomic mass is 9.85. The molecule has 0 aromatic carbocycles. The zero-order chi connectivity index (χ0) is 15.4. The number of piperidine rings is 1. The molecule has 0 aromatic rings. The molecule has 0 spiro atoms. The van der Waals surface area contributed by atoms with Gasteiger partial charge in [-0.25, -0.2) is 0 Å². The number of amides is 1. The van der Waals surface area contributed by atoms with Crippen LogP contribution in [0.15, 0.2) is 0 Å². The van der Waals surface area contributed by atoms with E-state index in [0.29, 0.717) is 12.1 Å². The average Bonchev–Trinajstić information content (AvgIpc) is 2.98. The second kappa shape index (κ2) is 10.8. The summed E-state index contributed by atoms with van der Waals surface area (Å²) in [6.45, 7) is 5.77. The van der Waals surface area contributed by atoms with Gasteiger partial charge in [-0.2, -0.15) is 0 Å². The zero-order valence-electron chi connectivity index (χ0n) is 15.0. The van der Waals surface area contributed by atoms with Gasteiger partial charge < -0.3 is 15.5 Å². The van der Waals surface area contributed by atoms with E-state index in [1.807, 2.05) is 0 Å². The minimum Gasteiger partial charge on any atom is -0.352 e. The van der Waals surface area contributed by atoms with Crippen molar-refractivity contribution in [2.24, 2.45) is 5.92 Å². The third-order valence-electron chi connectivity index (χ3n) is 5.94. The molecule has 0 radical (unpaired) electrons. The first-order valence-electron chi connectivity index (χ1n) is 9.55. The van der Waals surface area contributed by atoms with Crippen LogP contribution in [0, 0.1) is 5.92 Å². The molecule has 4 nitrogen and oxygen atoms in total. The predicted molar refractivity (Wildman–Crippen MR) is 104 cm³/mol.